The van der Waals surface area contributed by atoms with E-state index in [1.54, 1.807) is 0 Å². The first-order chi connectivity index (χ1) is 30.6. The zero-order valence-electron chi connectivity index (χ0n) is 38.0. The van der Waals surface area contributed by atoms with Crippen molar-refractivity contribution in [3.05, 3.63) is 149 Å². The molecule has 0 amide bonds. The molecule has 13 rings (SSSR count). The van der Waals surface area contributed by atoms with E-state index in [4.69, 9.17) is 20.4 Å². The van der Waals surface area contributed by atoms with Crippen molar-refractivity contribution in [2.24, 2.45) is 0 Å². The summed E-state index contributed by atoms with van der Waals surface area (Å²) in [5.41, 5.74) is 19.7. The number of halogens is 1. The molecule has 316 valence electrons. The van der Waals surface area contributed by atoms with Crippen LogP contribution in [0.15, 0.2) is 130 Å². The largest absolute Gasteiger partial charge is 0.454 e. The molecule has 4 heterocycles. The van der Waals surface area contributed by atoms with Crippen molar-refractivity contribution >= 4 is 113 Å². The van der Waals surface area contributed by atoms with E-state index in [0.717, 1.165) is 92.3 Å². The molecule has 0 fully saturated rings. The van der Waals surface area contributed by atoms with Crippen molar-refractivity contribution < 1.29 is 8.83 Å². The Kier molecular flexibility index (Phi) is 7.63. The second-order valence-electron chi connectivity index (χ2n) is 21.9. The van der Waals surface area contributed by atoms with Crippen LogP contribution in [0.3, 0.4) is 0 Å². The van der Waals surface area contributed by atoms with Crippen LogP contribution in [-0.2, 0) is 21.7 Å². The topological polar surface area (TPSA) is 32.8 Å². The number of anilines is 6. The van der Waals surface area contributed by atoms with E-state index < -0.39 is 0 Å². The maximum atomic E-state index is 7.55. The molecule has 4 aliphatic rings. The Morgan fingerprint density at radius 1 is 0.422 bits per heavy atom. The Morgan fingerprint density at radius 2 is 0.797 bits per heavy atom. The van der Waals surface area contributed by atoms with Gasteiger partial charge in [-0.2, -0.15) is 0 Å². The van der Waals surface area contributed by atoms with Crippen molar-refractivity contribution in [1.82, 2.24) is 0 Å². The first-order valence-electron chi connectivity index (χ1n) is 23.2. The fraction of sp³-hybridized carbons (Fsp3) is 0.276. The fourth-order valence-corrected chi connectivity index (χ4v) is 12.6. The lowest BCUT2D eigenvalue weighted by Gasteiger charge is -2.48. The SMILES string of the molecule is CC1(C)CCC(C)(C)c2cc3c(cc21)B1c2cc4c(cc2N(c2cccc5c2oc2ccccc25)c2cc(Cl)cc(c21)N3c1cccc2c1oc1ccccc12)C(C)(C)CCC4(C)C. The molecule has 0 radical (unpaired) electrons. The summed E-state index contributed by atoms with van der Waals surface area (Å²) < 4.78 is 13.8. The standard InChI is InChI=1S/C58H52BClN2O2/c1-55(2)23-25-57(5,6)40-31-46-42(29-38(40)55)59-43-30-39-41(58(7,8)26-24-56(39,3)4)32-47(43)62(45-20-14-18-37-35-16-10-12-22-51(35)64-54(37)45)49-28-33(60)27-48(52(49)59)61(46)44-19-13-17-36-34-15-9-11-21-50(34)63-53(36)44/h9-22,27-32H,23-26H2,1-8H3. The van der Waals surface area contributed by atoms with E-state index in [0.29, 0.717) is 5.02 Å². The fourth-order valence-electron chi connectivity index (χ4n) is 12.4. The van der Waals surface area contributed by atoms with Crippen LogP contribution in [0.5, 0.6) is 0 Å². The van der Waals surface area contributed by atoms with Gasteiger partial charge in [-0.25, -0.2) is 0 Å². The molecule has 0 saturated carbocycles. The molecule has 64 heavy (non-hydrogen) atoms. The van der Waals surface area contributed by atoms with E-state index in [1.165, 1.54) is 50.0 Å². The summed E-state index contributed by atoms with van der Waals surface area (Å²) in [6.07, 6.45) is 4.53. The third-order valence-electron chi connectivity index (χ3n) is 16.2. The van der Waals surface area contributed by atoms with Gasteiger partial charge in [-0.1, -0.05) is 140 Å². The summed E-state index contributed by atoms with van der Waals surface area (Å²) in [5, 5.41) is 5.12. The summed E-state index contributed by atoms with van der Waals surface area (Å²) in [7, 11) is 0. The number of para-hydroxylation sites is 4. The lowest BCUT2D eigenvalue weighted by atomic mass is 9.32. The van der Waals surface area contributed by atoms with Crippen LogP contribution in [-0.4, -0.2) is 6.71 Å². The van der Waals surface area contributed by atoms with Crippen molar-refractivity contribution in [3.63, 3.8) is 0 Å². The molecule has 2 aliphatic carbocycles. The predicted molar refractivity (Wildman–Crippen MR) is 271 cm³/mol. The summed E-state index contributed by atoms with van der Waals surface area (Å²) >= 11 is 7.55. The second-order valence-corrected chi connectivity index (χ2v) is 22.4. The number of hydrogen-bond donors (Lipinski definition) is 0. The van der Waals surface area contributed by atoms with Crippen LogP contribution >= 0.6 is 11.6 Å². The summed E-state index contributed by atoms with van der Waals surface area (Å²) in [6, 6.07) is 44.9. The first kappa shape index (κ1) is 38.5. The number of hydrogen-bond acceptors (Lipinski definition) is 4. The van der Waals surface area contributed by atoms with Gasteiger partial charge in [-0.3, -0.25) is 0 Å². The third kappa shape index (κ3) is 5.14. The number of furan rings is 2. The lowest BCUT2D eigenvalue weighted by molar-refractivity contribution is 0.332. The predicted octanol–water partition coefficient (Wildman–Crippen LogP) is 14.9. The van der Waals surface area contributed by atoms with Gasteiger partial charge in [0.2, 0.25) is 0 Å². The van der Waals surface area contributed by atoms with Gasteiger partial charge in [-0.15, -0.1) is 0 Å². The van der Waals surface area contributed by atoms with Gasteiger partial charge in [-0.05, 0) is 135 Å². The smallest absolute Gasteiger partial charge is 0.252 e. The lowest BCUT2D eigenvalue weighted by Crippen LogP contribution is -2.62. The minimum atomic E-state index is -0.0678. The van der Waals surface area contributed by atoms with Gasteiger partial charge in [0.05, 0.1) is 11.4 Å². The minimum Gasteiger partial charge on any atom is -0.454 e. The van der Waals surface area contributed by atoms with Gasteiger partial charge < -0.3 is 18.6 Å². The maximum absolute atomic E-state index is 7.55. The normalized spacial score (nSPS) is 18.5. The first-order valence-corrected chi connectivity index (χ1v) is 23.6. The van der Waals surface area contributed by atoms with Crippen molar-refractivity contribution in [2.45, 2.75) is 103 Å². The molecule has 2 aliphatic heterocycles. The second kappa shape index (κ2) is 12.7. The zero-order valence-corrected chi connectivity index (χ0v) is 38.8. The van der Waals surface area contributed by atoms with Crippen LogP contribution in [0, 0.1) is 0 Å². The molecule has 7 aromatic carbocycles. The van der Waals surface area contributed by atoms with Crippen molar-refractivity contribution in [2.75, 3.05) is 9.80 Å². The molecular weight excluding hydrogens is 803 g/mol. The Balaban J connectivity index is 1.20. The van der Waals surface area contributed by atoms with Gasteiger partial charge >= 0.3 is 0 Å². The van der Waals surface area contributed by atoms with E-state index >= 15 is 0 Å². The maximum Gasteiger partial charge on any atom is 0.252 e. The average Bonchev–Trinajstić information content (AvgIpc) is 3.85. The highest BCUT2D eigenvalue weighted by atomic mass is 35.5. The van der Waals surface area contributed by atoms with E-state index in [9.17, 15) is 0 Å². The molecule has 0 atom stereocenters. The summed E-state index contributed by atoms with van der Waals surface area (Å²) in [5.74, 6) is 0. The van der Waals surface area contributed by atoms with Crippen LogP contribution in [0.2, 0.25) is 5.02 Å². The van der Waals surface area contributed by atoms with E-state index in [-0.39, 0.29) is 28.4 Å². The summed E-state index contributed by atoms with van der Waals surface area (Å²) in [4.78, 5) is 4.99. The number of benzene rings is 7. The van der Waals surface area contributed by atoms with Gasteiger partial charge in [0.15, 0.2) is 11.2 Å². The van der Waals surface area contributed by atoms with Crippen LogP contribution in [0.1, 0.15) is 103 Å². The third-order valence-corrected chi connectivity index (χ3v) is 16.4. The van der Waals surface area contributed by atoms with Crippen LogP contribution in [0.4, 0.5) is 34.1 Å². The molecule has 2 aromatic heterocycles. The molecule has 0 saturated heterocycles. The highest BCUT2D eigenvalue weighted by molar-refractivity contribution is 7.00. The molecule has 0 unspecified atom stereocenters. The van der Waals surface area contributed by atoms with Gasteiger partial charge in [0.25, 0.3) is 6.71 Å². The molecule has 4 nitrogen and oxygen atoms in total. The van der Waals surface area contributed by atoms with Gasteiger partial charge in [0.1, 0.15) is 11.2 Å². The highest BCUT2D eigenvalue weighted by Gasteiger charge is 2.49. The van der Waals surface area contributed by atoms with Crippen molar-refractivity contribution in [1.29, 1.82) is 0 Å². The number of fused-ring (bicyclic) bond motifs is 12. The highest BCUT2D eigenvalue weighted by Crippen LogP contribution is 2.54. The minimum absolute atomic E-state index is 0.00207. The van der Waals surface area contributed by atoms with Gasteiger partial charge in [0, 0.05) is 49.3 Å². The zero-order chi connectivity index (χ0) is 43.8. The average molecular weight is 855 g/mol. The van der Waals surface area contributed by atoms with E-state index in [2.05, 4.69) is 187 Å². The Hall–Kier alpha value is -5.91. The van der Waals surface area contributed by atoms with Crippen LogP contribution < -0.4 is 26.2 Å². The quantitative estimate of drug-likeness (QED) is 0.162. The van der Waals surface area contributed by atoms with E-state index in [1.807, 2.05) is 0 Å². The Labute approximate surface area is 380 Å². The molecule has 9 aromatic rings. The molecule has 0 N–H and O–H groups in total. The molecular formula is C58H52BClN2O2. The number of rotatable bonds is 2. The van der Waals surface area contributed by atoms with Crippen LogP contribution in [0.25, 0.3) is 43.9 Å². The van der Waals surface area contributed by atoms with Crippen molar-refractivity contribution in [3.8, 4) is 0 Å². The Morgan fingerprint density at radius 3 is 1.22 bits per heavy atom. The molecule has 6 heteroatoms. The molecule has 0 bridgehead atoms. The summed E-state index contributed by atoms with van der Waals surface area (Å²) in [6.45, 7) is 19.5. The monoisotopic (exact) mass is 854 g/mol. The molecule has 0 spiro atoms. The Bertz CT molecular complexity index is 3290. The number of nitrogens with zero attached hydrogens (tertiary/aromatic N) is 2.